The number of nitriles is 1. The summed E-state index contributed by atoms with van der Waals surface area (Å²) in [7, 11) is 0. The van der Waals surface area contributed by atoms with Crippen LogP contribution in [0.4, 0.5) is 5.69 Å². The zero-order valence-electron chi connectivity index (χ0n) is 16.8. The normalized spacial score (nSPS) is 10.9. The van der Waals surface area contributed by atoms with E-state index < -0.39 is 5.91 Å². The second kappa shape index (κ2) is 9.91. The van der Waals surface area contributed by atoms with Crippen LogP contribution in [0.15, 0.2) is 76.8 Å². The molecule has 0 fully saturated rings. The van der Waals surface area contributed by atoms with Crippen molar-refractivity contribution in [3.05, 3.63) is 99.0 Å². The fourth-order valence-electron chi connectivity index (χ4n) is 2.77. The highest BCUT2D eigenvalue weighted by atomic mass is 79.9. The van der Waals surface area contributed by atoms with Crippen LogP contribution in [0.3, 0.4) is 0 Å². The van der Waals surface area contributed by atoms with Crippen molar-refractivity contribution in [1.29, 1.82) is 5.26 Å². The van der Waals surface area contributed by atoms with Crippen LogP contribution in [0.1, 0.15) is 22.3 Å². The Morgan fingerprint density at radius 3 is 2.37 bits per heavy atom. The lowest BCUT2D eigenvalue weighted by Crippen LogP contribution is -2.13. The Hall–Kier alpha value is -3.36. The van der Waals surface area contributed by atoms with Gasteiger partial charge in [-0.05, 0) is 78.6 Å². The summed E-state index contributed by atoms with van der Waals surface area (Å²) >= 11 is 3.35. The monoisotopic (exact) mass is 460 g/mol. The van der Waals surface area contributed by atoms with Crippen LogP contribution < -0.4 is 10.1 Å². The molecular formula is C25H21BrN2O2. The molecule has 0 unspecified atom stereocenters. The Morgan fingerprint density at radius 1 is 1.03 bits per heavy atom. The van der Waals surface area contributed by atoms with Crippen LogP contribution in [-0.4, -0.2) is 5.91 Å². The van der Waals surface area contributed by atoms with E-state index in [0.717, 1.165) is 21.3 Å². The lowest BCUT2D eigenvalue weighted by atomic mass is 10.1. The lowest BCUT2D eigenvalue weighted by molar-refractivity contribution is -0.112. The Balaban J connectivity index is 1.64. The maximum atomic E-state index is 12.4. The molecule has 1 amide bonds. The van der Waals surface area contributed by atoms with E-state index in [2.05, 4.69) is 53.3 Å². The smallest absolute Gasteiger partial charge is 0.266 e. The highest BCUT2D eigenvalue weighted by molar-refractivity contribution is 9.10. The van der Waals surface area contributed by atoms with Gasteiger partial charge in [-0.15, -0.1) is 0 Å². The standard InChI is InChI=1S/C25H21BrN2O2/c1-17-3-4-20(13-18(17)2)16-30-24-11-5-19(6-12-24)14-21(15-27)25(29)28-23-9-7-22(26)8-10-23/h3-14H,16H2,1-2H3,(H,28,29)/b21-14+. The number of nitrogens with one attached hydrogen (secondary N) is 1. The van der Waals surface area contributed by atoms with Gasteiger partial charge in [-0.3, -0.25) is 4.79 Å². The third kappa shape index (κ3) is 5.82. The van der Waals surface area contributed by atoms with Crippen LogP contribution in [0.25, 0.3) is 6.08 Å². The first-order valence-electron chi connectivity index (χ1n) is 9.42. The topological polar surface area (TPSA) is 62.1 Å². The van der Waals surface area contributed by atoms with Gasteiger partial charge in [-0.25, -0.2) is 0 Å². The highest BCUT2D eigenvalue weighted by Crippen LogP contribution is 2.19. The van der Waals surface area contributed by atoms with E-state index in [0.29, 0.717) is 12.3 Å². The molecule has 4 nitrogen and oxygen atoms in total. The largest absolute Gasteiger partial charge is 0.489 e. The van der Waals surface area contributed by atoms with E-state index >= 15 is 0 Å². The third-order valence-electron chi connectivity index (χ3n) is 4.64. The molecular weight excluding hydrogens is 440 g/mol. The van der Waals surface area contributed by atoms with Crippen molar-refractivity contribution < 1.29 is 9.53 Å². The number of carbonyl (C=O) groups is 1. The van der Waals surface area contributed by atoms with Crippen molar-refractivity contribution in [1.82, 2.24) is 0 Å². The van der Waals surface area contributed by atoms with E-state index in [1.165, 1.54) is 11.1 Å². The van der Waals surface area contributed by atoms with Gasteiger partial charge >= 0.3 is 0 Å². The number of aryl methyl sites for hydroxylation is 2. The van der Waals surface area contributed by atoms with Gasteiger partial charge in [0.2, 0.25) is 0 Å². The summed E-state index contributed by atoms with van der Waals surface area (Å²) in [5.41, 5.74) is 5.00. The maximum absolute atomic E-state index is 12.4. The Labute approximate surface area is 184 Å². The zero-order valence-corrected chi connectivity index (χ0v) is 18.4. The van der Waals surface area contributed by atoms with E-state index in [1.807, 2.05) is 42.5 Å². The predicted molar refractivity (Wildman–Crippen MR) is 123 cm³/mol. The first-order chi connectivity index (χ1) is 14.4. The third-order valence-corrected chi connectivity index (χ3v) is 5.16. The molecule has 0 aromatic heterocycles. The summed E-state index contributed by atoms with van der Waals surface area (Å²) in [5, 5.41) is 12.1. The van der Waals surface area contributed by atoms with Gasteiger partial charge in [0.05, 0.1) is 0 Å². The van der Waals surface area contributed by atoms with E-state index in [4.69, 9.17) is 4.74 Å². The summed E-state index contributed by atoms with van der Waals surface area (Å²) in [6.45, 7) is 4.65. The Morgan fingerprint density at radius 2 is 1.73 bits per heavy atom. The average molecular weight is 461 g/mol. The van der Waals surface area contributed by atoms with Crippen LogP contribution in [-0.2, 0) is 11.4 Å². The van der Waals surface area contributed by atoms with Gasteiger partial charge in [0, 0.05) is 10.2 Å². The van der Waals surface area contributed by atoms with Crippen LogP contribution >= 0.6 is 15.9 Å². The second-order valence-corrected chi connectivity index (χ2v) is 7.82. The molecule has 0 atom stereocenters. The predicted octanol–water partition coefficient (Wildman–Crippen LogP) is 6.19. The molecule has 3 aromatic rings. The maximum Gasteiger partial charge on any atom is 0.266 e. The number of benzene rings is 3. The molecule has 0 heterocycles. The van der Waals surface area contributed by atoms with Crippen molar-refractivity contribution in [3.8, 4) is 11.8 Å². The summed E-state index contributed by atoms with van der Waals surface area (Å²) in [6, 6.07) is 22.7. The number of ether oxygens (including phenoxy) is 1. The molecule has 0 spiro atoms. The van der Waals surface area contributed by atoms with Crippen LogP contribution in [0, 0.1) is 25.2 Å². The summed E-state index contributed by atoms with van der Waals surface area (Å²) in [4.78, 5) is 12.4. The molecule has 1 N–H and O–H groups in total. The summed E-state index contributed by atoms with van der Waals surface area (Å²) in [6.07, 6.45) is 1.56. The number of carbonyl (C=O) groups excluding carboxylic acids is 1. The number of anilines is 1. The van der Waals surface area contributed by atoms with Gasteiger partial charge in [0.25, 0.3) is 5.91 Å². The molecule has 0 aliphatic carbocycles. The average Bonchev–Trinajstić information content (AvgIpc) is 2.75. The van der Waals surface area contributed by atoms with Crippen molar-refractivity contribution in [2.75, 3.05) is 5.32 Å². The minimum atomic E-state index is -0.449. The van der Waals surface area contributed by atoms with E-state index in [1.54, 1.807) is 18.2 Å². The molecule has 150 valence electrons. The van der Waals surface area contributed by atoms with Gasteiger partial charge in [-0.1, -0.05) is 46.3 Å². The Bertz CT molecular complexity index is 1110. The molecule has 3 aromatic carbocycles. The zero-order chi connectivity index (χ0) is 21.5. The van der Waals surface area contributed by atoms with Gasteiger partial charge < -0.3 is 10.1 Å². The number of hydrogen-bond donors (Lipinski definition) is 1. The molecule has 0 saturated heterocycles. The Kier molecular flexibility index (Phi) is 7.05. The first kappa shape index (κ1) is 21.4. The van der Waals surface area contributed by atoms with Crippen molar-refractivity contribution in [3.63, 3.8) is 0 Å². The first-order valence-corrected chi connectivity index (χ1v) is 10.2. The minimum absolute atomic E-state index is 0.0294. The molecule has 0 aliphatic heterocycles. The van der Waals surface area contributed by atoms with Gasteiger partial charge in [0.15, 0.2) is 0 Å². The molecule has 0 aliphatic rings. The number of nitrogens with zero attached hydrogens (tertiary/aromatic N) is 1. The number of rotatable bonds is 6. The van der Waals surface area contributed by atoms with Crippen molar-refractivity contribution in [2.24, 2.45) is 0 Å². The molecule has 5 heteroatoms. The fourth-order valence-corrected chi connectivity index (χ4v) is 3.03. The molecule has 0 bridgehead atoms. The van der Waals surface area contributed by atoms with E-state index in [9.17, 15) is 10.1 Å². The SMILES string of the molecule is Cc1ccc(COc2ccc(/C=C(\C#N)C(=O)Nc3ccc(Br)cc3)cc2)cc1C. The highest BCUT2D eigenvalue weighted by Gasteiger charge is 2.09. The molecule has 3 rings (SSSR count). The quantitative estimate of drug-likeness (QED) is 0.352. The number of hydrogen-bond acceptors (Lipinski definition) is 3. The summed E-state index contributed by atoms with van der Waals surface area (Å²) in [5.74, 6) is 0.276. The van der Waals surface area contributed by atoms with Gasteiger partial charge in [0.1, 0.15) is 24.0 Å². The van der Waals surface area contributed by atoms with Crippen LogP contribution in [0.2, 0.25) is 0 Å². The molecule has 0 saturated carbocycles. The van der Waals surface area contributed by atoms with Crippen molar-refractivity contribution in [2.45, 2.75) is 20.5 Å². The fraction of sp³-hybridized carbons (Fsp3) is 0.120. The van der Waals surface area contributed by atoms with Gasteiger partial charge in [-0.2, -0.15) is 5.26 Å². The number of halogens is 1. The number of amides is 1. The van der Waals surface area contributed by atoms with Crippen LogP contribution in [0.5, 0.6) is 5.75 Å². The molecule has 0 radical (unpaired) electrons. The van der Waals surface area contributed by atoms with Crippen molar-refractivity contribution >= 4 is 33.6 Å². The molecule has 30 heavy (non-hydrogen) atoms. The second-order valence-electron chi connectivity index (χ2n) is 6.91. The lowest BCUT2D eigenvalue weighted by Gasteiger charge is -2.09. The van der Waals surface area contributed by atoms with E-state index in [-0.39, 0.29) is 5.57 Å². The minimum Gasteiger partial charge on any atom is -0.489 e. The summed E-state index contributed by atoms with van der Waals surface area (Å²) < 4.78 is 6.75.